The van der Waals surface area contributed by atoms with Crippen LogP contribution < -0.4 is 0 Å². The molecule has 2 saturated carbocycles. The molecule has 1 nitrogen and oxygen atoms in total. The Bertz CT molecular complexity index is 382. The fourth-order valence-corrected chi connectivity index (χ4v) is 3.68. The summed E-state index contributed by atoms with van der Waals surface area (Å²) in [6.45, 7) is 0.364. The van der Waals surface area contributed by atoms with Crippen molar-refractivity contribution in [3.8, 4) is 0 Å². The van der Waals surface area contributed by atoms with Crippen LogP contribution in [0.1, 0.15) is 37.7 Å². The highest BCUT2D eigenvalue weighted by atomic mass is 79.9. The van der Waals surface area contributed by atoms with Crippen LogP contribution in [0.15, 0.2) is 28.7 Å². The summed E-state index contributed by atoms with van der Waals surface area (Å²) in [5, 5.41) is 9.72. The molecule has 0 amide bonds. The van der Waals surface area contributed by atoms with Gasteiger partial charge >= 0.3 is 0 Å². The monoisotopic (exact) mass is 280 g/mol. The van der Waals surface area contributed by atoms with E-state index in [1.807, 2.05) is 0 Å². The van der Waals surface area contributed by atoms with Gasteiger partial charge in [-0.15, -0.1) is 0 Å². The molecule has 2 heteroatoms. The number of aliphatic hydroxyl groups excluding tert-OH is 1. The van der Waals surface area contributed by atoms with E-state index in [1.54, 1.807) is 0 Å². The maximum atomic E-state index is 9.72. The van der Waals surface area contributed by atoms with E-state index in [-0.39, 0.29) is 5.41 Å². The average molecular weight is 281 g/mol. The Labute approximate surface area is 105 Å². The van der Waals surface area contributed by atoms with Gasteiger partial charge in [0.15, 0.2) is 0 Å². The van der Waals surface area contributed by atoms with Crippen LogP contribution in [-0.2, 0) is 5.41 Å². The summed E-state index contributed by atoms with van der Waals surface area (Å²) in [4.78, 5) is 0. The van der Waals surface area contributed by atoms with E-state index >= 15 is 0 Å². The maximum Gasteiger partial charge on any atom is 0.0495 e. The van der Waals surface area contributed by atoms with Gasteiger partial charge in [-0.3, -0.25) is 0 Å². The van der Waals surface area contributed by atoms with Gasteiger partial charge in [0.1, 0.15) is 0 Å². The largest absolute Gasteiger partial charge is 0.396 e. The summed E-state index contributed by atoms with van der Waals surface area (Å²) in [5.41, 5.74) is 1.95. The zero-order valence-electron chi connectivity index (χ0n) is 9.38. The van der Waals surface area contributed by atoms with E-state index in [0.717, 1.165) is 4.47 Å². The molecule has 0 aromatic heterocycles. The first-order valence-corrected chi connectivity index (χ1v) is 6.89. The number of halogens is 1. The van der Waals surface area contributed by atoms with E-state index in [1.165, 1.54) is 37.7 Å². The molecule has 0 radical (unpaired) electrons. The lowest BCUT2D eigenvalue weighted by molar-refractivity contribution is 0.00548. The van der Waals surface area contributed by atoms with E-state index in [0.29, 0.717) is 12.0 Å². The van der Waals surface area contributed by atoms with Crippen LogP contribution in [0.5, 0.6) is 0 Å². The van der Waals surface area contributed by atoms with Gasteiger partial charge in [-0.05, 0) is 43.4 Å². The lowest BCUT2D eigenvalue weighted by Gasteiger charge is -2.48. The molecule has 0 spiro atoms. The molecule has 0 atom stereocenters. The van der Waals surface area contributed by atoms with Crippen LogP contribution in [0.2, 0.25) is 0 Å². The quantitative estimate of drug-likeness (QED) is 0.896. The summed E-state index contributed by atoms with van der Waals surface area (Å²) < 4.78 is 1.14. The second kappa shape index (κ2) is 3.58. The molecular formula is C14H17BrO. The molecule has 3 rings (SSSR count). The zero-order valence-corrected chi connectivity index (χ0v) is 11.0. The average Bonchev–Trinajstić information content (AvgIpc) is 3.00. The SMILES string of the molecule is OCC1(C2(c3ccc(Br)cc3)CC2)CCC1. The summed E-state index contributed by atoms with van der Waals surface area (Å²) in [5.74, 6) is 0. The third kappa shape index (κ3) is 1.32. The van der Waals surface area contributed by atoms with Gasteiger partial charge in [-0.25, -0.2) is 0 Å². The van der Waals surface area contributed by atoms with Gasteiger partial charge in [-0.1, -0.05) is 34.5 Å². The highest BCUT2D eigenvalue weighted by Crippen LogP contribution is 2.67. The Morgan fingerprint density at radius 1 is 1.06 bits per heavy atom. The summed E-state index contributed by atoms with van der Waals surface area (Å²) >= 11 is 3.48. The molecule has 0 saturated heterocycles. The van der Waals surface area contributed by atoms with E-state index in [2.05, 4.69) is 40.2 Å². The fourth-order valence-electron chi connectivity index (χ4n) is 3.41. The van der Waals surface area contributed by atoms with Gasteiger partial charge < -0.3 is 5.11 Å². The molecule has 1 aromatic rings. The maximum absolute atomic E-state index is 9.72. The Morgan fingerprint density at radius 3 is 2.06 bits per heavy atom. The van der Waals surface area contributed by atoms with Crippen LogP contribution in [0.25, 0.3) is 0 Å². The van der Waals surface area contributed by atoms with Crippen molar-refractivity contribution in [2.75, 3.05) is 6.61 Å². The second-order valence-corrected chi connectivity index (χ2v) is 6.30. The first-order chi connectivity index (χ1) is 7.72. The highest BCUT2D eigenvalue weighted by molar-refractivity contribution is 9.10. The Balaban J connectivity index is 1.96. The minimum atomic E-state index is 0.209. The molecule has 0 unspecified atom stereocenters. The number of hydrogen-bond acceptors (Lipinski definition) is 1. The van der Waals surface area contributed by atoms with Gasteiger partial charge in [0.25, 0.3) is 0 Å². The van der Waals surface area contributed by atoms with Crippen LogP contribution in [-0.4, -0.2) is 11.7 Å². The van der Waals surface area contributed by atoms with Crippen molar-refractivity contribution in [1.29, 1.82) is 0 Å². The van der Waals surface area contributed by atoms with Crippen molar-refractivity contribution in [1.82, 2.24) is 0 Å². The van der Waals surface area contributed by atoms with Crippen LogP contribution in [0.3, 0.4) is 0 Å². The van der Waals surface area contributed by atoms with Gasteiger partial charge in [0.05, 0.1) is 0 Å². The molecule has 86 valence electrons. The van der Waals surface area contributed by atoms with Gasteiger partial charge in [0.2, 0.25) is 0 Å². The fraction of sp³-hybridized carbons (Fsp3) is 0.571. The third-order valence-electron chi connectivity index (χ3n) is 4.78. The van der Waals surface area contributed by atoms with E-state index in [4.69, 9.17) is 0 Å². The number of benzene rings is 1. The second-order valence-electron chi connectivity index (χ2n) is 5.38. The predicted molar refractivity (Wildman–Crippen MR) is 68.4 cm³/mol. The molecular weight excluding hydrogens is 264 g/mol. The minimum Gasteiger partial charge on any atom is -0.396 e. The smallest absolute Gasteiger partial charge is 0.0495 e. The molecule has 16 heavy (non-hydrogen) atoms. The Morgan fingerprint density at radius 2 is 1.69 bits per heavy atom. The minimum absolute atomic E-state index is 0.209. The highest BCUT2D eigenvalue weighted by Gasteiger charge is 2.61. The van der Waals surface area contributed by atoms with Crippen molar-refractivity contribution >= 4 is 15.9 Å². The number of hydrogen-bond donors (Lipinski definition) is 1. The topological polar surface area (TPSA) is 20.2 Å². The molecule has 1 N–H and O–H groups in total. The lowest BCUT2D eigenvalue weighted by atomic mass is 9.57. The summed E-state index contributed by atoms with van der Waals surface area (Å²) in [6, 6.07) is 8.71. The van der Waals surface area contributed by atoms with Crippen molar-refractivity contribution < 1.29 is 5.11 Å². The molecule has 0 aliphatic heterocycles. The Kier molecular flexibility index (Phi) is 2.41. The summed E-state index contributed by atoms with van der Waals surface area (Å²) in [7, 11) is 0. The Hall–Kier alpha value is -0.340. The zero-order chi connectivity index (χ0) is 11.2. The molecule has 0 bridgehead atoms. The number of rotatable bonds is 3. The van der Waals surface area contributed by atoms with Gasteiger partial charge in [0, 0.05) is 21.9 Å². The molecule has 1 aromatic carbocycles. The standard InChI is InChI=1S/C14H17BrO/c15-12-4-2-11(3-5-12)14(8-9-14)13(10-16)6-1-7-13/h2-5,16H,1,6-10H2. The first kappa shape index (κ1) is 10.8. The molecule has 2 aliphatic rings. The molecule has 2 fully saturated rings. The van der Waals surface area contributed by atoms with Crippen molar-refractivity contribution in [3.05, 3.63) is 34.3 Å². The normalized spacial score (nSPS) is 24.9. The van der Waals surface area contributed by atoms with E-state index < -0.39 is 0 Å². The predicted octanol–water partition coefficient (Wildman–Crippen LogP) is 3.64. The van der Waals surface area contributed by atoms with E-state index in [9.17, 15) is 5.11 Å². The van der Waals surface area contributed by atoms with Gasteiger partial charge in [-0.2, -0.15) is 0 Å². The van der Waals surface area contributed by atoms with Crippen LogP contribution >= 0.6 is 15.9 Å². The van der Waals surface area contributed by atoms with Crippen LogP contribution in [0, 0.1) is 5.41 Å². The molecule has 2 aliphatic carbocycles. The number of aliphatic hydroxyl groups is 1. The van der Waals surface area contributed by atoms with Crippen molar-refractivity contribution in [3.63, 3.8) is 0 Å². The van der Waals surface area contributed by atoms with Crippen LogP contribution in [0.4, 0.5) is 0 Å². The third-order valence-corrected chi connectivity index (χ3v) is 5.30. The van der Waals surface area contributed by atoms with Crippen molar-refractivity contribution in [2.45, 2.75) is 37.5 Å². The van der Waals surface area contributed by atoms with Crippen molar-refractivity contribution in [2.24, 2.45) is 5.41 Å². The lowest BCUT2D eigenvalue weighted by Crippen LogP contribution is -2.44. The first-order valence-electron chi connectivity index (χ1n) is 6.09. The summed E-state index contributed by atoms with van der Waals surface area (Å²) in [6.07, 6.45) is 6.22. The molecule has 0 heterocycles.